The van der Waals surface area contributed by atoms with E-state index in [1.807, 2.05) is 0 Å². The second kappa shape index (κ2) is 80.4. The molecule has 830 valence electrons. The van der Waals surface area contributed by atoms with Crippen LogP contribution >= 0.6 is 0 Å². The molecule has 8 rings (SSSR count). The third kappa shape index (κ3) is 74.5. The minimum absolute atomic E-state index is 0. The monoisotopic (exact) mass is 2930 g/mol. The lowest BCUT2D eigenvalue weighted by Gasteiger charge is -2.33. The van der Waals surface area contributed by atoms with Crippen molar-refractivity contribution in [3.8, 4) is 34.5 Å². The van der Waals surface area contributed by atoms with Crippen LogP contribution in [0.2, 0.25) is 0 Å². The van der Waals surface area contributed by atoms with Gasteiger partial charge >= 0.3 is 0 Å². The van der Waals surface area contributed by atoms with Gasteiger partial charge in [0, 0.05) is 19.6 Å². The summed E-state index contributed by atoms with van der Waals surface area (Å²) in [6.07, 6.45) is 40.4. The zero-order valence-electron chi connectivity index (χ0n) is 95.2. The Kier molecular flexibility index (Phi) is 80.9. The van der Waals surface area contributed by atoms with Crippen LogP contribution in [0.5, 0.6) is 34.5 Å². The first-order valence-electron chi connectivity index (χ1n) is 52.4. The molecule has 0 saturated carbocycles. The van der Waals surface area contributed by atoms with Crippen molar-refractivity contribution >= 4 is 60.8 Å². The molecule has 0 aromatic heterocycles. The Morgan fingerprint density at radius 2 is 0.306 bits per heavy atom. The van der Waals surface area contributed by atoms with Gasteiger partial charge in [0.15, 0.2) is 0 Å². The Bertz CT molecular complexity index is 4560. The van der Waals surface area contributed by atoms with Crippen LogP contribution in [0.4, 0.5) is 0 Å². The van der Waals surface area contributed by atoms with Crippen molar-refractivity contribution in [2.24, 2.45) is 0 Å². The summed E-state index contributed by atoms with van der Waals surface area (Å²) in [6.45, 7) is 27.1. The summed E-state index contributed by atoms with van der Waals surface area (Å²) >= 11 is 0. The maximum atomic E-state index is 6.00. The lowest BCUT2D eigenvalue weighted by molar-refractivity contribution is -0.937. The molecule has 0 bridgehead atoms. The Morgan fingerprint density at radius 1 is 0.170 bits per heavy atom. The Labute approximate surface area is 1030 Å². The number of ether oxygens (including phenoxy) is 6. The number of benzene rings is 8. The van der Waals surface area contributed by atoms with E-state index < -0.39 is 0 Å². The number of nitrogens with zero attached hydrogens (tertiary/aromatic N) is 11. The summed E-state index contributed by atoms with van der Waals surface area (Å²) in [5.74, 6) is 5.66. The van der Waals surface area contributed by atoms with Crippen LogP contribution in [0, 0.1) is 0 Å². The third-order valence-electron chi connectivity index (χ3n) is 26.1. The van der Waals surface area contributed by atoms with Gasteiger partial charge in [-0.25, -0.2) is 0 Å². The summed E-state index contributed by atoms with van der Waals surface area (Å²) in [5, 5.41) is 0. The quantitative estimate of drug-likeness (QED) is 0.0208. The van der Waals surface area contributed by atoms with E-state index >= 15 is 0 Å². The highest BCUT2D eigenvalue weighted by molar-refractivity contribution is 5.75. The normalized spacial score (nSPS) is 12.0. The van der Waals surface area contributed by atoms with Gasteiger partial charge in [-0.05, 0) is 280 Å². The molecule has 25 heteroatoms. The van der Waals surface area contributed by atoms with Crippen molar-refractivity contribution < 1.29 is 256 Å². The van der Waals surface area contributed by atoms with Gasteiger partial charge in [-0.3, -0.25) is 0 Å². The minimum atomic E-state index is 0. The number of quaternary nitrogens is 8. The summed E-state index contributed by atoms with van der Waals surface area (Å²) in [6, 6.07) is 67.6. The first-order chi connectivity index (χ1) is 65.9. The van der Waals surface area contributed by atoms with Gasteiger partial charge in [0.1, 0.15) is 60.7 Å². The van der Waals surface area contributed by atoms with Crippen molar-refractivity contribution in [3.05, 3.63) is 250 Å². The summed E-state index contributed by atoms with van der Waals surface area (Å²) in [7, 11) is 54.4. The average molecular weight is 2930 g/mol. The number of hydrogen-bond donors (Lipinski definition) is 0. The molecule has 8 aromatic rings. The lowest BCUT2D eigenvalue weighted by atomic mass is 10.1. The SMILES string of the molecule is CC[N+](C)(C)CCCCCCOc1ccc(/C=C/c2ccc(/C=C/c3ccc(OCCCCCC[N+](C)(C)CCN(C)C)cc3)cc2)cc1.CN(C)CC[N+](C)(C)CCCCOc1ccc(/C=C/c2ccc(/C=C/c3ccc(OCCCC[N+](C)(C)CCN(C)C)cc3)cc2)cc1.C[N+](C)(C)CC[N+](C)(C)CCCCOc1ccc(/C=C/c2ccc(OCCCC[N+](C)(C)CC[N+](C)(C)C)cc2)cc1.[I-].[I-].[I-].[I-].[I-].[I-].[I-].[I-]. The second-order valence-electron chi connectivity index (χ2n) is 45.5. The molecule has 0 spiro atoms. The maximum Gasteiger partial charge on any atom is 0.128 e. The lowest BCUT2D eigenvalue weighted by Crippen LogP contribution is -3.00. The standard InChI is InChI=1S/C44H67N3O2.C42H64N4O2.C36H64N4O2.8HI/c1-8-46(4,5)34-13-9-11-15-37-48-43-29-25-41(26-30-43)23-21-39-17-19-40(20-18-39)22-24-42-27-31-44(32-28-42)49-38-16-12-10-14-35-47(6,7)36-33-45(2)3;1-43(2)29-33-45(5,6)31-9-11-35-47-41-25-21-39(22-26-41)19-17-37-13-15-38(16-14-37)18-20-40-23-27-42(28-24-40)48-36-12-10-32-46(7,8)34-30-44(3)4;1-37(2,3)27-29-39(7,8)25-11-13-31-41-35-21-17-33(18-22-35)15-16-34-19-23-36(24-20-34)42-32-14-12-26-40(9,10)30-28-38(4,5)6;;;;;;;;/h17-32H,8-16,33-38H2,1-7H3;13-28H,9-12,29-36H2,1-8H3;15-24H,11-14,25-32H2,1-10H3;8*1H/q2*+2;+4;;;;;;;;/p-8/b23-21+,24-22+;19-17+,20-18+;16-15+;;;;;;;;. The molecule has 0 N–H and O–H groups in total. The van der Waals surface area contributed by atoms with E-state index in [1.54, 1.807) is 0 Å². The first-order valence-corrected chi connectivity index (χ1v) is 52.4. The summed E-state index contributed by atoms with van der Waals surface area (Å²) < 4.78 is 44.5. The molecule has 17 nitrogen and oxygen atoms in total. The number of unbranched alkanes of at least 4 members (excludes halogenated alkanes) is 10. The van der Waals surface area contributed by atoms with E-state index in [-0.39, 0.29) is 192 Å². The van der Waals surface area contributed by atoms with Crippen LogP contribution in [0.3, 0.4) is 0 Å². The van der Waals surface area contributed by atoms with Crippen LogP contribution in [0.1, 0.15) is 165 Å². The van der Waals surface area contributed by atoms with Crippen molar-refractivity contribution in [3.63, 3.8) is 0 Å². The van der Waals surface area contributed by atoms with Gasteiger partial charge in [-0.1, -0.05) is 182 Å². The summed E-state index contributed by atoms with van der Waals surface area (Å²) in [4.78, 5) is 6.78. The van der Waals surface area contributed by atoms with Gasteiger partial charge in [-0.2, -0.15) is 0 Å². The molecule has 8 aromatic carbocycles. The smallest absolute Gasteiger partial charge is 0.128 e. The molecule has 0 aliphatic carbocycles. The molecule has 0 amide bonds. The molecule has 147 heavy (non-hydrogen) atoms. The molecule has 0 aliphatic heterocycles. The Morgan fingerprint density at radius 3 is 0.463 bits per heavy atom. The van der Waals surface area contributed by atoms with Crippen LogP contribution in [-0.2, 0) is 0 Å². The molecular weight excluding hydrogens is 2730 g/mol. The molecule has 0 aliphatic rings. The van der Waals surface area contributed by atoms with E-state index in [0.29, 0.717) is 0 Å². The number of halogens is 8. The van der Waals surface area contributed by atoms with E-state index in [2.05, 4.69) is 446 Å². The predicted octanol–water partition coefficient (Wildman–Crippen LogP) is -0.966. The zero-order valence-corrected chi connectivity index (χ0v) is 112. The zero-order chi connectivity index (χ0) is 101. The summed E-state index contributed by atoms with van der Waals surface area (Å²) in [5.41, 5.74) is 11.7. The van der Waals surface area contributed by atoms with E-state index in [9.17, 15) is 0 Å². The fourth-order valence-corrected chi connectivity index (χ4v) is 15.4. The van der Waals surface area contributed by atoms with Crippen molar-refractivity contribution in [1.82, 2.24) is 14.7 Å². The maximum absolute atomic E-state index is 6.00. The van der Waals surface area contributed by atoms with Gasteiger partial charge in [0.25, 0.3) is 0 Å². The van der Waals surface area contributed by atoms with Crippen molar-refractivity contribution in [2.45, 2.75) is 110 Å². The molecule has 0 fully saturated rings. The molecule has 0 heterocycles. The predicted molar refractivity (Wildman–Crippen MR) is 601 cm³/mol. The largest absolute Gasteiger partial charge is 1.00 e. The Balaban J connectivity index is -0.00000207. The van der Waals surface area contributed by atoms with Gasteiger partial charge in [0.05, 0.1) is 232 Å². The number of rotatable bonds is 66. The van der Waals surface area contributed by atoms with Gasteiger partial charge in [0.2, 0.25) is 0 Å². The van der Waals surface area contributed by atoms with Crippen LogP contribution in [-0.4, -0.2) is 371 Å². The van der Waals surface area contributed by atoms with E-state index in [1.165, 1.54) is 200 Å². The van der Waals surface area contributed by atoms with E-state index in [0.717, 1.165) is 179 Å². The van der Waals surface area contributed by atoms with Crippen LogP contribution < -0.4 is 220 Å². The topological polar surface area (TPSA) is 65.1 Å². The van der Waals surface area contributed by atoms with Gasteiger partial charge in [-0.15, -0.1) is 0 Å². The Hall–Kier alpha value is -3.34. The van der Waals surface area contributed by atoms with Crippen LogP contribution in [0.25, 0.3) is 60.8 Å². The second-order valence-corrected chi connectivity index (χ2v) is 45.5. The number of hydrogen-bond acceptors (Lipinski definition) is 9. The average Bonchev–Trinajstić information content (AvgIpc) is 0.853. The fraction of sp³-hybridized carbons (Fsp3) is 0.525. The molecule has 0 atom stereocenters. The molecule has 0 unspecified atom stereocenters. The van der Waals surface area contributed by atoms with E-state index in [4.69, 9.17) is 28.4 Å². The highest BCUT2D eigenvalue weighted by Crippen LogP contribution is 2.25. The highest BCUT2D eigenvalue weighted by atomic mass is 127. The molecule has 0 saturated heterocycles. The third-order valence-corrected chi connectivity index (χ3v) is 26.1. The first kappa shape index (κ1) is 148. The van der Waals surface area contributed by atoms with Crippen LogP contribution in [0.15, 0.2) is 194 Å². The van der Waals surface area contributed by atoms with Crippen molar-refractivity contribution in [2.75, 3.05) is 320 Å². The highest BCUT2D eigenvalue weighted by Gasteiger charge is 2.23. The minimum Gasteiger partial charge on any atom is -1.00 e. The number of likely N-dealkylation sites (N-methyl/N-ethyl adjacent to an activating group) is 10. The molecular formula is C122H195I8N11O6. The molecule has 0 radical (unpaired) electrons. The fourth-order valence-electron chi connectivity index (χ4n) is 15.4. The van der Waals surface area contributed by atoms with Gasteiger partial charge < -0.3 is 271 Å². The van der Waals surface area contributed by atoms with Crippen molar-refractivity contribution in [1.29, 1.82) is 0 Å².